The Bertz CT molecular complexity index is 2170. The number of alkyl carbamates (subject to hydrolysis) is 2. The van der Waals surface area contributed by atoms with Crippen LogP contribution < -0.4 is 15.4 Å². The second kappa shape index (κ2) is 16.6. The number of hydrogen-bond donors (Lipinski definition) is 4. The van der Waals surface area contributed by atoms with Crippen molar-refractivity contribution in [1.29, 1.82) is 0 Å². The smallest absolute Gasteiger partial charge is 0.407 e. The zero-order valence-corrected chi connectivity index (χ0v) is 31.6. The van der Waals surface area contributed by atoms with Crippen LogP contribution in [0.25, 0.3) is 22.3 Å². The van der Waals surface area contributed by atoms with Crippen LogP contribution in [0, 0.1) is 0 Å². The highest BCUT2D eigenvalue weighted by Gasteiger charge is 2.45. The van der Waals surface area contributed by atoms with Crippen LogP contribution in [0.15, 0.2) is 85.1 Å². The molecule has 0 spiro atoms. The van der Waals surface area contributed by atoms with Crippen LogP contribution in [-0.4, -0.2) is 92.6 Å². The Morgan fingerprint density at radius 1 is 0.946 bits per heavy atom. The Kier molecular flexibility index (Phi) is 11.2. The Hall–Kier alpha value is -6.38. The zero-order valence-electron chi connectivity index (χ0n) is 31.6. The van der Waals surface area contributed by atoms with E-state index in [4.69, 9.17) is 19.2 Å². The van der Waals surface area contributed by atoms with Crippen LogP contribution >= 0.6 is 0 Å². The average Bonchev–Trinajstić information content (AvgIpc) is 4.04. The van der Waals surface area contributed by atoms with E-state index < -0.39 is 24.3 Å². The third-order valence-electron chi connectivity index (χ3n) is 10.7. The summed E-state index contributed by atoms with van der Waals surface area (Å²) in [6.07, 6.45) is 11.9. The van der Waals surface area contributed by atoms with E-state index in [9.17, 15) is 19.2 Å². The molecule has 4 N–H and O–H groups in total. The number of carbonyl (C=O) groups is 4. The number of imidazole rings is 2. The van der Waals surface area contributed by atoms with E-state index in [0.717, 1.165) is 48.0 Å². The van der Waals surface area contributed by atoms with Crippen LogP contribution in [0.4, 0.5) is 9.59 Å². The minimum Gasteiger partial charge on any atom is -0.457 e. The molecule has 292 valence electrons. The quantitative estimate of drug-likeness (QED) is 0.126. The lowest BCUT2D eigenvalue weighted by molar-refractivity contribution is -0.139. The third kappa shape index (κ3) is 7.74. The van der Waals surface area contributed by atoms with Gasteiger partial charge in [0.15, 0.2) is 0 Å². The number of nitrogens with one attached hydrogen (secondary N) is 4. The second-order valence-corrected chi connectivity index (χ2v) is 14.0. The number of rotatable bonds is 11. The summed E-state index contributed by atoms with van der Waals surface area (Å²) in [5.41, 5.74) is 3.76. The summed E-state index contributed by atoms with van der Waals surface area (Å²) in [6, 6.07) is 11.3. The third-order valence-corrected chi connectivity index (χ3v) is 10.7. The molecule has 2 aromatic heterocycles. The van der Waals surface area contributed by atoms with Gasteiger partial charge in [-0.2, -0.15) is 0 Å². The van der Waals surface area contributed by atoms with Crippen molar-refractivity contribution in [3.05, 3.63) is 96.8 Å². The number of H-pyrrole nitrogens is 2. The van der Waals surface area contributed by atoms with E-state index in [0.29, 0.717) is 48.1 Å². The van der Waals surface area contributed by atoms with Crippen molar-refractivity contribution in [2.75, 3.05) is 20.8 Å². The monoisotopic (exact) mass is 762 g/mol. The molecule has 0 radical (unpaired) electrons. The van der Waals surface area contributed by atoms with Gasteiger partial charge in [0.2, 0.25) is 5.91 Å². The van der Waals surface area contributed by atoms with Crippen LogP contribution in [0.1, 0.15) is 69.2 Å². The fourth-order valence-electron chi connectivity index (χ4n) is 7.92. The predicted molar refractivity (Wildman–Crippen MR) is 207 cm³/mol. The first-order valence-corrected chi connectivity index (χ1v) is 18.8. The summed E-state index contributed by atoms with van der Waals surface area (Å²) in [7, 11) is 2.54. The first kappa shape index (κ1) is 37.9. The van der Waals surface area contributed by atoms with E-state index in [1.165, 1.54) is 14.2 Å². The van der Waals surface area contributed by atoms with Gasteiger partial charge >= 0.3 is 12.2 Å². The molecule has 4 aromatic rings. The van der Waals surface area contributed by atoms with Crippen molar-refractivity contribution >= 4 is 35.0 Å². The number of benzene rings is 2. The van der Waals surface area contributed by atoms with Gasteiger partial charge in [0.25, 0.3) is 5.91 Å². The van der Waals surface area contributed by atoms with Crippen molar-refractivity contribution in [2.45, 2.75) is 75.7 Å². The van der Waals surface area contributed by atoms with Gasteiger partial charge in [-0.3, -0.25) is 9.59 Å². The number of nitrogens with zero attached hydrogens (tertiary/aromatic N) is 4. The standard InChI is InChI=1S/C41H46N8O7/c1-5-7-9-24(6-2)35(47-41(53)55-4)39(51)48-21-8-10-33(48)37-43-29-19-17-28(22-31(29)44-37)56-27-15-11-25(12-16-27)32-23-42-36(45-32)34-20-14-26-13-18-30(38(50)49(26)34)46-40(52)54-3/h5-7,9,11-12,15-17,19,22-23,26,30,33-35H,2,8,10,13-14,18,20-21H2,1,3-4H3,(H,42,45)(H,43,44)(H,46,52)(H,47,53). The van der Waals surface area contributed by atoms with Crippen molar-refractivity contribution in [3.63, 3.8) is 0 Å². The van der Waals surface area contributed by atoms with Gasteiger partial charge in [0, 0.05) is 18.7 Å². The zero-order chi connectivity index (χ0) is 39.3. The predicted octanol–water partition coefficient (Wildman–Crippen LogP) is 6.37. The lowest BCUT2D eigenvalue weighted by Crippen LogP contribution is -2.54. The molecule has 0 bridgehead atoms. The first-order chi connectivity index (χ1) is 27.2. The Labute approximate surface area is 324 Å². The molecule has 5 unspecified atom stereocenters. The molecule has 3 aliphatic heterocycles. The van der Waals surface area contributed by atoms with E-state index in [1.54, 1.807) is 29.3 Å². The summed E-state index contributed by atoms with van der Waals surface area (Å²) in [6.45, 7) is 6.22. The van der Waals surface area contributed by atoms with Gasteiger partial charge < -0.3 is 44.6 Å². The molecule has 5 atom stereocenters. The maximum absolute atomic E-state index is 14.0. The molecule has 7 rings (SSSR count). The summed E-state index contributed by atoms with van der Waals surface area (Å²) < 4.78 is 15.8. The lowest BCUT2D eigenvalue weighted by atomic mass is 9.98. The highest BCUT2D eigenvalue weighted by atomic mass is 16.5. The Morgan fingerprint density at radius 2 is 1.71 bits per heavy atom. The van der Waals surface area contributed by atoms with Gasteiger partial charge in [0.05, 0.1) is 49.2 Å². The SMILES string of the molecule is C=CC(=CC=CC)C(NC(=O)OC)C(=O)N1CCCC1c1nc2ccc(Oc3ccc(-c4cnc(C5CCC6CCC(NC(=O)OC)C(=O)N65)[nH]4)cc3)cc2[nH]1. The van der Waals surface area contributed by atoms with Crippen LogP contribution in [0.3, 0.4) is 0 Å². The number of fused-ring (bicyclic) bond motifs is 2. The van der Waals surface area contributed by atoms with Crippen LogP contribution in [0.5, 0.6) is 11.5 Å². The summed E-state index contributed by atoms with van der Waals surface area (Å²) >= 11 is 0. The van der Waals surface area contributed by atoms with Gasteiger partial charge in [-0.25, -0.2) is 19.6 Å². The van der Waals surface area contributed by atoms with Gasteiger partial charge in [-0.1, -0.05) is 30.9 Å². The fourth-order valence-corrected chi connectivity index (χ4v) is 7.92. The van der Waals surface area contributed by atoms with Gasteiger partial charge in [-0.05, 0) is 93.0 Å². The number of ether oxygens (including phenoxy) is 3. The number of piperidine rings is 1. The number of carbonyl (C=O) groups excluding carboxylic acids is 4. The Balaban J connectivity index is 1.02. The molecular weight excluding hydrogens is 716 g/mol. The molecule has 15 heteroatoms. The van der Waals surface area contributed by atoms with E-state index >= 15 is 0 Å². The normalized spacial score (nSPS) is 21.6. The van der Waals surface area contributed by atoms with Crippen molar-refractivity contribution < 1.29 is 33.4 Å². The molecule has 0 saturated carbocycles. The van der Waals surface area contributed by atoms with Crippen LogP contribution in [0.2, 0.25) is 0 Å². The number of amides is 4. The minimum absolute atomic E-state index is 0.108. The molecule has 3 fully saturated rings. The fraction of sp³-hybridized carbons (Fsp3) is 0.366. The molecule has 56 heavy (non-hydrogen) atoms. The number of aromatic nitrogens is 4. The topological polar surface area (TPSA) is 184 Å². The van der Waals surface area contributed by atoms with E-state index in [1.807, 2.05) is 60.4 Å². The van der Waals surface area contributed by atoms with Gasteiger partial charge in [0.1, 0.15) is 35.2 Å². The number of aromatic amines is 2. The second-order valence-electron chi connectivity index (χ2n) is 14.0. The highest BCUT2D eigenvalue weighted by molar-refractivity contribution is 5.90. The summed E-state index contributed by atoms with van der Waals surface area (Å²) in [4.78, 5) is 71.3. The maximum Gasteiger partial charge on any atom is 0.407 e. The Morgan fingerprint density at radius 3 is 2.46 bits per heavy atom. The average molecular weight is 763 g/mol. The lowest BCUT2D eigenvalue weighted by Gasteiger charge is -2.37. The molecule has 3 saturated heterocycles. The molecular formula is C41H46N8O7. The molecule has 5 heterocycles. The summed E-state index contributed by atoms with van der Waals surface area (Å²) in [5.74, 6) is 2.22. The van der Waals surface area contributed by atoms with Crippen molar-refractivity contribution in [1.82, 2.24) is 40.4 Å². The number of methoxy groups -OCH3 is 2. The molecule has 2 aromatic carbocycles. The minimum atomic E-state index is -0.977. The first-order valence-electron chi connectivity index (χ1n) is 18.8. The summed E-state index contributed by atoms with van der Waals surface area (Å²) in [5, 5.41) is 5.34. The van der Waals surface area contributed by atoms with Crippen molar-refractivity contribution in [2.24, 2.45) is 0 Å². The highest BCUT2D eigenvalue weighted by Crippen LogP contribution is 2.41. The van der Waals surface area contributed by atoms with Crippen molar-refractivity contribution in [3.8, 4) is 22.8 Å². The molecule has 15 nitrogen and oxygen atoms in total. The molecule has 3 aliphatic rings. The largest absolute Gasteiger partial charge is 0.457 e. The van der Waals surface area contributed by atoms with Gasteiger partial charge in [-0.15, -0.1) is 0 Å². The molecule has 0 aliphatic carbocycles. The number of allylic oxidation sites excluding steroid dienone is 3. The maximum atomic E-state index is 14.0. The number of hydrogen-bond acceptors (Lipinski definition) is 9. The number of likely N-dealkylation sites (tertiary alicyclic amines) is 1. The van der Waals surface area contributed by atoms with E-state index in [2.05, 4.69) is 32.2 Å². The van der Waals surface area contributed by atoms with E-state index in [-0.39, 0.29) is 29.9 Å². The molecule has 4 amide bonds. The van der Waals surface area contributed by atoms with Crippen LogP contribution in [-0.2, 0) is 19.1 Å².